The van der Waals surface area contributed by atoms with Crippen molar-refractivity contribution in [3.8, 4) is 22.3 Å². The Hall–Kier alpha value is -5.50. The molecule has 11 rings (SSSR count). The second-order valence-electron chi connectivity index (χ2n) is 18.2. The van der Waals surface area contributed by atoms with E-state index in [0.717, 1.165) is 12.8 Å². The highest BCUT2D eigenvalue weighted by atomic mass is 28.3. The maximum Gasteiger partial charge on any atom is 0.113 e. The molecule has 0 saturated carbocycles. The quantitative estimate of drug-likeness (QED) is 0.156. The zero-order valence-electron chi connectivity index (χ0n) is 34.2. The van der Waals surface area contributed by atoms with Gasteiger partial charge in [-0.3, -0.25) is 0 Å². The molecule has 6 aliphatic rings. The maximum absolute atomic E-state index is 2.71. The first kappa shape index (κ1) is 35.6. The zero-order valence-corrected chi connectivity index (χ0v) is 35.2. The Labute approximate surface area is 345 Å². The van der Waals surface area contributed by atoms with E-state index in [1.165, 1.54) is 98.2 Å². The van der Waals surface area contributed by atoms with Gasteiger partial charge in [-0.25, -0.2) is 0 Å². The van der Waals surface area contributed by atoms with E-state index >= 15 is 0 Å². The van der Waals surface area contributed by atoms with Crippen LogP contribution in [-0.2, 0) is 0 Å². The Balaban J connectivity index is 1.13. The molecule has 0 spiro atoms. The van der Waals surface area contributed by atoms with E-state index in [1.54, 1.807) is 32.7 Å². The van der Waals surface area contributed by atoms with Gasteiger partial charge in [0, 0.05) is 5.92 Å². The van der Waals surface area contributed by atoms with Crippen molar-refractivity contribution in [3.63, 3.8) is 0 Å². The first-order valence-corrected chi connectivity index (χ1v) is 24.9. The zero-order chi connectivity index (χ0) is 39.0. The summed E-state index contributed by atoms with van der Waals surface area (Å²) in [6.45, 7) is 7.80. The molecule has 1 aliphatic heterocycles. The molecular weight excluding hydrogens is 713 g/mol. The summed E-state index contributed by atoms with van der Waals surface area (Å²) in [6, 6.07) is 46.1. The van der Waals surface area contributed by atoms with E-state index in [0.29, 0.717) is 17.8 Å². The van der Waals surface area contributed by atoms with Gasteiger partial charge in [0.05, 0.1) is 0 Å². The van der Waals surface area contributed by atoms with Crippen molar-refractivity contribution in [2.24, 2.45) is 17.8 Å². The van der Waals surface area contributed by atoms with Gasteiger partial charge in [0.1, 0.15) is 8.07 Å². The average molecular weight is 765 g/mol. The third kappa shape index (κ3) is 5.84. The van der Waals surface area contributed by atoms with Gasteiger partial charge in [0.25, 0.3) is 0 Å². The van der Waals surface area contributed by atoms with Crippen LogP contribution in [0.3, 0.4) is 0 Å². The van der Waals surface area contributed by atoms with E-state index in [9.17, 15) is 0 Å². The van der Waals surface area contributed by atoms with Crippen molar-refractivity contribution in [1.82, 2.24) is 0 Å². The Kier molecular flexibility index (Phi) is 8.67. The van der Waals surface area contributed by atoms with Crippen LogP contribution in [0.15, 0.2) is 185 Å². The number of benzene rings is 5. The van der Waals surface area contributed by atoms with Crippen molar-refractivity contribution in [2.75, 3.05) is 0 Å². The van der Waals surface area contributed by atoms with Gasteiger partial charge >= 0.3 is 0 Å². The molecule has 0 fully saturated rings. The highest BCUT2D eigenvalue weighted by molar-refractivity contribution is 6.99. The molecule has 0 N–H and O–H groups in total. The van der Waals surface area contributed by atoms with Gasteiger partial charge in [0.2, 0.25) is 0 Å². The number of hydrogen-bond acceptors (Lipinski definition) is 0. The fourth-order valence-corrected chi connectivity index (χ4v) is 14.7. The van der Waals surface area contributed by atoms with Crippen LogP contribution in [0.1, 0.15) is 68.6 Å². The van der Waals surface area contributed by atoms with Crippen LogP contribution in [0.2, 0.25) is 13.1 Å². The largest absolute Gasteiger partial charge is 0.113 e. The van der Waals surface area contributed by atoms with Crippen LogP contribution in [0.4, 0.5) is 0 Å². The third-order valence-corrected chi connectivity index (χ3v) is 18.0. The lowest BCUT2D eigenvalue weighted by Gasteiger charge is -2.33. The molecule has 1 heteroatoms. The van der Waals surface area contributed by atoms with Crippen molar-refractivity contribution >= 4 is 30.0 Å². The lowest BCUT2D eigenvalue weighted by atomic mass is 9.70. The molecule has 0 radical (unpaired) electrons. The summed E-state index contributed by atoms with van der Waals surface area (Å²) < 4.78 is 0. The van der Waals surface area contributed by atoms with Crippen LogP contribution in [0, 0.1) is 17.8 Å². The van der Waals surface area contributed by atoms with Crippen LogP contribution >= 0.6 is 0 Å². The molecule has 0 amide bonds. The molecule has 1 heterocycles. The topological polar surface area (TPSA) is 0 Å². The van der Waals surface area contributed by atoms with Crippen molar-refractivity contribution in [1.29, 1.82) is 0 Å². The lowest BCUT2D eigenvalue weighted by molar-refractivity contribution is 0.549. The fraction of sp³-hybridized carbons (Fsp3) is 0.228. The predicted molar refractivity (Wildman–Crippen MR) is 248 cm³/mol. The van der Waals surface area contributed by atoms with E-state index in [2.05, 4.69) is 178 Å². The van der Waals surface area contributed by atoms with E-state index < -0.39 is 8.07 Å². The maximum atomic E-state index is 2.71. The number of rotatable bonds is 5. The van der Waals surface area contributed by atoms with Gasteiger partial charge < -0.3 is 0 Å². The number of allylic oxidation sites excluding steroid dienone is 12. The molecule has 0 aromatic heterocycles. The van der Waals surface area contributed by atoms with Gasteiger partial charge in [-0.2, -0.15) is 0 Å². The van der Waals surface area contributed by atoms with Crippen LogP contribution in [0.25, 0.3) is 39.0 Å². The smallest absolute Gasteiger partial charge is 0.0842 e. The molecule has 3 unspecified atom stereocenters. The number of fused-ring (bicyclic) bond motifs is 5. The molecule has 5 aliphatic carbocycles. The van der Waals surface area contributed by atoms with Crippen molar-refractivity contribution in [2.45, 2.75) is 65.0 Å². The Bertz CT molecular complexity index is 2800. The normalized spacial score (nSPS) is 22.8. The summed E-state index contributed by atoms with van der Waals surface area (Å²) in [5.41, 5.74) is 20.2. The first-order chi connectivity index (χ1) is 28.4. The monoisotopic (exact) mass is 764 g/mol. The summed E-state index contributed by atoms with van der Waals surface area (Å²) in [5.74, 6) is 1.54. The SMILES string of the molecule is CC1CC(C2=CC=C3C=CCCC3C2)=CC2=C1c1cc3c(cc1[Si]2(C)C)=C(c1ccc(-c2ccccc2)cc1)C1=CCCCC1C=3c1ccc(-c2ccccc2)cc1. The fourth-order valence-electron chi connectivity index (χ4n) is 11.5. The average Bonchev–Trinajstić information content (AvgIpc) is 3.50. The Morgan fingerprint density at radius 2 is 1.24 bits per heavy atom. The minimum atomic E-state index is -2.03. The van der Waals surface area contributed by atoms with Crippen molar-refractivity contribution in [3.05, 3.63) is 212 Å². The summed E-state index contributed by atoms with van der Waals surface area (Å²) in [7, 11) is -2.03. The molecule has 284 valence electrons. The van der Waals surface area contributed by atoms with Crippen LogP contribution in [-0.4, -0.2) is 8.07 Å². The number of hydrogen-bond donors (Lipinski definition) is 0. The second-order valence-corrected chi connectivity index (χ2v) is 22.6. The van der Waals surface area contributed by atoms with Crippen molar-refractivity contribution < 1.29 is 0 Å². The molecule has 0 nitrogen and oxygen atoms in total. The molecule has 58 heavy (non-hydrogen) atoms. The highest BCUT2D eigenvalue weighted by Crippen LogP contribution is 2.48. The molecule has 0 bridgehead atoms. The van der Waals surface area contributed by atoms with E-state index in [-0.39, 0.29) is 0 Å². The molecule has 0 saturated heterocycles. The van der Waals surface area contributed by atoms with Crippen LogP contribution < -0.4 is 15.6 Å². The predicted octanol–water partition coefficient (Wildman–Crippen LogP) is 12.6. The standard InChI is InChI=1S/C57H52Si/c1-37-32-47(46-31-26-40-18-10-11-19-45(40)33-46)34-54-55(37)52-35-50-51(36-53(52)58(54,2)3)57(44-29-24-42(25-30-44)39-16-8-5-9-17-39)49-21-13-12-20-48(49)56(50)43-27-22-41(23-28-43)38-14-6-4-7-15-38/h4-10,14-18,21-31,34-37,45,48H,11-13,19-20,32-33H2,1-3H3. The van der Waals surface area contributed by atoms with Gasteiger partial charge in [-0.05, 0) is 156 Å². The van der Waals surface area contributed by atoms with Crippen LogP contribution in [0.5, 0.6) is 0 Å². The Morgan fingerprint density at radius 1 is 0.586 bits per heavy atom. The Morgan fingerprint density at radius 3 is 1.95 bits per heavy atom. The van der Waals surface area contributed by atoms with Gasteiger partial charge in [-0.15, -0.1) is 0 Å². The summed E-state index contributed by atoms with van der Waals surface area (Å²) in [6.07, 6.45) is 23.3. The summed E-state index contributed by atoms with van der Waals surface area (Å²) in [4.78, 5) is 0. The molecular formula is C57H52Si. The van der Waals surface area contributed by atoms with Gasteiger partial charge in [-0.1, -0.05) is 177 Å². The molecule has 3 atom stereocenters. The molecule has 5 aromatic carbocycles. The molecule has 5 aromatic rings. The summed E-state index contributed by atoms with van der Waals surface area (Å²) >= 11 is 0. The lowest BCUT2D eigenvalue weighted by Crippen LogP contribution is -2.47. The van der Waals surface area contributed by atoms with E-state index in [1.807, 2.05) is 0 Å². The highest BCUT2D eigenvalue weighted by Gasteiger charge is 2.43. The van der Waals surface area contributed by atoms with Gasteiger partial charge in [0.15, 0.2) is 0 Å². The summed E-state index contributed by atoms with van der Waals surface area (Å²) in [5, 5.41) is 6.20. The second kappa shape index (κ2) is 14.1. The minimum absolute atomic E-state index is 0.367. The third-order valence-electron chi connectivity index (χ3n) is 14.5. The minimum Gasteiger partial charge on any atom is -0.0842 e. The van der Waals surface area contributed by atoms with E-state index in [4.69, 9.17) is 0 Å². The first-order valence-electron chi connectivity index (χ1n) is 21.9.